The minimum Gasteiger partial charge on any atom is -0.216 e. The molecule has 0 atom stereocenters. The molecule has 0 aromatic carbocycles. The van der Waals surface area contributed by atoms with Crippen LogP contribution in [0.3, 0.4) is 0 Å². The highest BCUT2D eigenvalue weighted by atomic mass is 19.1. The quantitative estimate of drug-likeness (QED) is 0.484. The molecule has 0 unspecified atom stereocenters. The van der Waals surface area contributed by atoms with Gasteiger partial charge in [-0.25, -0.2) is 4.39 Å². The largest absolute Gasteiger partial charge is 0.216 e. The van der Waals surface area contributed by atoms with E-state index in [1.807, 2.05) is 13.8 Å². The van der Waals surface area contributed by atoms with Crippen molar-refractivity contribution in [2.45, 2.75) is 20.3 Å². The van der Waals surface area contributed by atoms with Gasteiger partial charge in [0.15, 0.2) is 0 Å². The van der Waals surface area contributed by atoms with Gasteiger partial charge in [0.05, 0.1) is 6.33 Å². The molecule has 0 saturated carbocycles. The summed E-state index contributed by atoms with van der Waals surface area (Å²) in [6.07, 6.45) is 4.70. The molecular weight excluding hydrogens is 103 g/mol. The molecule has 0 amide bonds. The molecule has 0 fully saturated rings. The van der Waals surface area contributed by atoms with E-state index in [4.69, 9.17) is 0 Å². The van der Waals surface area contributed by atoms with Gasteiger partial charge in [0.25, 0.3) is 0 Å². The van der Waals surface area contributed by atoms with Gasteiger partial charge in [0, 0.05) is 0 Å². The smallest absolute Gasteiger partial charge is 0.0866 e. The fraction of sp³-hybridized carbons (Fsp3) is 0.429. The van der Waals surface area contributed by atoms with Crippen LogP contribution in [0.25, 0.3) is 0 Å². The second-order valence-corrected chi connectivity index (χ2v) is 1.69. The van der Waals surface area contributed by atoms with Crippen LogP contribution in [0.2, 0.25) is 0 Å². The van der Waals surface area contributed by atoms with E-state index in [1.54, 1.807) is 6.08 Å². The van der Waals surface area contributed by atoms with Gasteiger partial charge < -0.3 is 0 Å². The summed E-state index contributed by atoms with van der Waals surface area (Å²) in [4.78, 5) is 0. The topological polar surface area (TPSA) is 0 Å². The Bertz CT molecular complexity index is 101. The molecule has 1 heteroatoms. The molecule has 0 aliphatic heterocycles. The lowest BCUT2D eigenvalue weighted by atomic mass is 10.2. The summed E-state index contributed by atoms with van der Waals surface area (Å²) in [6, 6.07) is 0. The third-order valence-corrected chi connectivity index (χ3v) is 1.01. The van der Waals surface area contributed by atoms with E-state index in [0.29, 0.717) is 6.33 Å². The van der Waals surface area contributed by atoms with Crippen LogP contribution >= 0.6 is 0 Å². The zero-order valence-corrected chi connectivity index (χ0v) is 5.32. The van der Waals surface area contributed by atoms with Crippen molar-refractivity contribution >= 4 is 0 Å². The molecule has 0 radical (unpaired) electrons. The predicted octanol–water partition coefficient (Wildman–Crippen LogP) is 2.83. The Balaban J connectivity index is 3.57. The molecular formula is C7H11F. The standard InChI is InChI=1S/C7H11F/c1-3-7(2)5-4-6-8/h4-6H,3H2,1-2H3/b6-4+,7-5-. The van der Waals surface area contributed by atoms with Crippen molar-refractivity contribution in [3.05, 3.63) is 24.1 Å². The lowest BCUT2D eigenvalue weighted by Crippen LogP contribution is -1.65. The van der Waals surface area contributed by atoms with Crippen LogP contribution in [0.4, 0.5) is 4.39 Å². The van der Waals surface area contributed by atoms with E-state index in [2.05, 4.69) is 0 Å². The Morgan fingerprint density at radius 3 is 2.62 bits per heavy atom. The zero-order valence-electron chi connectivity index (χ0n) is 5.32. The molecule has 0 spiro atoms. The molecule has 0 saturated heterocycles. The molecule has 8 heavy (non-hydrogen) atoms. The summed E-state index contributed by atoms with van der Waals surface area (Å²) in [5.41, 5.74) is 1.19. The van der Waals surface area contributed by atoms with Gasteiger partial charge in [-0.1, -0.05) is 18.6 Å². The van der Waals surface area contributed by atoms with E-state index < -0.39 is 0 Å². The maximum absolute atomic E-state index is 11.3. The van der Waals surface area contributed by atoms with E-state index in [-0.39, 0.29) is 0 Å². The van der Waals surface area contributed by atoms with Crippen LogP contribution in [0.1, 0.15) is 20.3 Å². The molecule has 46 valence electrons. The van der Waals surface area contributed by atoms with Crippen molar-refractivity contribution in [1.82, 2.24) is 0 Å². The van der Waals surface area contributed by atoms with Crippen molar-refractivity contribution < 1.29 is 4.39 Å². The summed E-state index contributed by atoms with van der Waals surface area (Å²) in [6.45, 7) is 4.01. The minimum absolute atomic E-state index is 0.541. The maximum atomic E-state index is 11.3. The second kappa shape index (κ2) is 4.57. The summed E-state index contributed by atoms with van der Waals surface area (Å²) >= 11 is 0. The fourth-order valence-electron chi connectivity index (χ4n) is 0.318. The van der Waals surface area contributed by atoms with Gasteiger partial charge >= 0.3 is 0 Å². The second-order valence-electron chi connectivity index (χ2n) is 1.69. The highest BCUT2D eigenvalue weighted by Crippen LogP contribution is 1.96. The van der Waals surface area contributed by atoms with Crippen molar-refractivity contribution in [1.29, 1.82) is 0 Å². The molecule has 0 aliphatic carbocycles. The Labute approximate surface area is 49.7 Å². The summed E-state index contributed by atoms with van der Waals surface area (Å²) in [7, 11) is 0. The number of halogens is 1. The fourth-order valence-corrected chi connectivity index (χ4v) is 0.318. The summed E-state index contributed by atoms with van der Waals surface area (Å²) < 4.78 is 11.3. The van der Waals surface area contributed by atoms with E-state index in [0.717, 1.165) is 6.42 Å². The van der Waals surface area contributed by atoms with Crippen molar-refractivity contribution in [2.75, 3.05) is 0 Å². The van der Waals surface area contributed by atoms with Crippen molar-refractivity contribution in [3.8, 4) is 0 Å². The van der Waals surface area contributed by atoms with Crippen LogP contribution < -0.4 is 0 Å². The number of hydrogen-bond donors (Lipinski definition) is 0. The summed E-state index contributed by atoms with van der Waals surface area (Å²) in [5, 5.41) is 0. The molecule has 0 rings (SSSR count). The van der Waals surface area contributed by atoms with Gasteiger partial charge in [-0.3, -0.25) is 0 Å². The molecule has 0 bridgehead atoms. The predicted molar refractivity (Wildman–Crippen MR) is 34.3 cm³/mol. The van der Waals surface area contributed by atoms with E-state index in [9.17, 15) is 4.39 Å². The first-order chi connectivity index (χ1) is 3.81. The Morgan fingerprint density at radius 1 is 1.62 bits per heavy atom. The molecule has 0 heterocycles. The average molecular weight is 114 g/mol. The zero-order chi connectivity index (χ0) is 6.41. The highest BCUT2D eigenvalue weighted by Gasteiger charge is 1.76. The Hall–Kier alpha value is -0.590. The average Bonchev–Trinajstić information content (AvgIpc) is 1.83. The van der Waals surface area contributed by atoms with Crippen molar-refractivity contribution in [2.24, 2.45) is 0 Å². The van der Waals surface area contributed by atoms with Crippen LogP contribution in [0.5, 0.6) is 0 Å². The SMILES string of the molecule is CC/C(C)=C\C=C\F. The minimum atomic E-state index is 0.541. The van der Waals surface area contributed by atoms with Crippen LogP contribution in [0, 0.1) is 0 Å². The third kappa shape index (κ3) is 3.59. The Morgan fingerprint density at radius 2 is 2.25 bits per heavy atom. The third-order valence-electron chi connectivity index (χ3n) is 1.01. The number of rotatable bonds is 2. The van der Waals surface area contributed by atoms with Crippen molar-refractivity contribution in [3.63, 3.8) is 0 Å². The normalized spacial score (nSPS) is 13.1. The van der Waals surface area contributed by atoms with Gasteiger partial charge in [-0.15, -0.1) is 0 Å². The lowest BCUT2D eigenvalue weighted by Gasteiger charge is -1.86. The lowest BCUT2D eigenvalue weighted by molar-refractivity contribution is 0.721. The van der Waals surface area contributed by atoms with Crippen LogP contribution in [0.15, 0.2) is 24.1 Å². The Kier molecular flexibility index (Phi) is 4.23. The first-order valence-corrected chi connectivity index (χ1v) is 2.73. The highest BCUT2D eigenvalue weighted by molar-refractivity contribution is 5.07. The van der Waals surface area contributed by atoms with Gasteiger partial charge in [0.1, 0.15) is 0 Å². The first-order valence-electron chi connectivity index (χ1n) is 2.73. The maximum Gasteiger partial charge on any atom is 0.0866 e. The monoisotopic (exact) mass is 114 g/mol. The van der Waals surface area contributed by atoms with Gasteiger partial charge in [-0.05, 0) is 19.4 Å². The molecule has 0 N–H and O–H groups in total. The van der Waals surface area contributed by atoms with E-state index >= 15 is 0 Å². The molecule has 0 aromatic heterocycles. The van der Waals surface area contributed by atoms with Crippen LogP contribution in [-0.2, 0) is 0 Å². The number of allylic oxidation sites excluding steroid dienone is 3. The molecule has 0 aliphatic rings. The number of hydrogen-bond acceptors (Lipinski definition) is 0. The van der Waals surface area contributed by atoms with E-state index in [1.165, 1.54) is 11.6 Å². The molecule has 0 aromatic rings. The summed E-state index contributed by atoms with van der Waals surface area (Å²) in [5.74, 6) is 0. The molecule has 0 nitrogen and oxygen atoms in total. The van der Waals surface area contributed by atoms with Gasteiger partial charge in [-0.2, -0.15) is 0 Å². The van der Waals surface area contributed by atoms with Gasteiger partial charge in [0.2, 0.25) is 0 Å². The van der Waals surface area contributed by atoms with Crippen LogP contribution in [-0.4, -0.2) is 0 Å². The first kappa shape index (κ1) is 7.41.